The van der Waals surface area contributed by atoms with Crippen LogP contribution in [0.25, 0.3) is 0 Å². The highest BCUT2D eigenvalue weighted by Crippen LogP contribution is 2.19. The number of hydrogen-bond acceptors (Lipinski definition) is 3. The first-order chi connectivity index (χ1) is 6.11. The minimum Gasteiger partial charge on any atom is -0.461 e. The molecule has 2 atom stereocenters. The molecular formula is C9H12N2O2. The second kappa shape index (κ2) is 3.94. The van der Waals surface area contributed by atoms with Crippen LogP contribution in [0.2, 0.25) is 0 Å². The molecule has 1 amide bonds. The van der Waals surface area contributed by atoms with Crippen LogP contribution in [0.1, 0.15) is 20.3 Å². The summed E-state index contributed by atoms with van der Waals surface area (Å²) in [4.78, 5) is 10.7. The normalized spacial score (nSPS) is 26.7. The van der Waals surface area contributed by atoms with Crippen molar-refractivity contribution in [3.05, 3.63) is 11.8 Å². The summed E-state index contributed by atoms with van der Waals surface area (Å²) >= 11 is 0. The van der Waals surface area contributed by atoms with Crippen molar-refractivity contribution in [1.82, 2.24) is 5.32 Å². The number of ether oxygens (including phenoxy) is 1. The maximum absolute atomic E-state index is 10.7. The van der Waals surface area contributed by atoms with Gasteiger partial charge in [0.25, 0.3) is 0 Å². The van der Waals surface area contributed by atoms with Crippen molar-refractivity contribution < 1.29 is 9.53 Å². The number of nitriles is 1. The van der Waals surface area contributed by atoms with Gasteiger partial charge in [-0.2, -0.15) is 5.26 Å². The van der Waals surface area contributed by atoms with Gasteiger partial charge < -0.3 is 10.1 Å². The first-order valence-electron chi connectivity index (χ1n) is 4.17. The molecule has 1 aliphatic heterocycles. The van der Waals surface area contributed by atoms with Gasteiger partial charge in [-0.15, -0.1) is 0 Å². The molecule has 0 saturated heterocycles. The molecule has 13 heavy (non-hydrogen) atoms. The summed E-state index contributed by atoms with van der Waals surface area (Å²) in [6.45, 7) is 3.41. The summed E-state index contributed by atoms with van der Waals surface area (Å²) in [7, 11) is 0. The fourth-order valence-corrected chi connectivity index (χ4v) is 1.28. The number of amides is 1. The molecular weight excluding hydrogens is 168 g/mol. The molecule has 70 valence electrons. The van der Waals surface area contributed by atoms with E-state index in [1.807, 2.05) is 13.0 Å². The van der Waals surface area contributed by atoms with Gasteiger partial charge in [-0.05, 0) is 12.0 Å². The minimum absolute atomic E-state index is 0.142. The number of rotatable bonds is 1. The summed E-state index contributed by atoms with van der Waals surface area (Å²) in [5.41, 5.74) is 0. The van der Waals surface area contributed by atoms with E-state index in [1.165, 1.54) is 6.92 Å². The first kappa shape index (κ1) is 9.59. The lowest BCUT2D eigenvalue weighted by molar-refractivity contribution is -0.122. The van der Waals surface area contributed by atoms with E-state index >= 15 is 0 Å². The molecule has 1 heterocycles. The van der Waals surface area contributed by atoms with Crippen molar-refractivity contribution in [2.24, 2.45) is 5.92 Å². The molecule has 0 aromatic carbocycles. The maximum Gasteiger partial charge on any atom is 0.219 e. The lowest BCUT2D eigenvalue weighted by Gasteiger charge is -2.25. The molecule has 4 heteroatoms. The predicted molar refractivity (Wildman–Crippen MR) is 46.2 cm³/mol. The second-order valence-corrected chi connectivity index (χ2v) is 3.16. The molecule has 0 saturated carbocycles. The minimum atomic E-state index is -0.354. The van der Waals surface area contributed by atoms with Crippen molar-refractivity contribution in [3.8, 4) is 6.07 Å². The Bertz CT molecular complexity index is 278. The molecule has 0 radical (unpaired) electrons. The Morgan fingerprint density at radius 3 is 3.08 bits per heavy atom. The summed E-state index contributed by atoms with van der Waals surface area (Å²) in [6.07, 6.45) is 2.12. The van der Waals surface area contributed by atoms with Crippen LogP contribution in [0.5, 0.6) is 0 Å². The highest BCUT2D eigenvalue weighted by atomic mass is 16.5. The Morgan fingerprint density at radius 1 is 1.85 bits per heavy atom. The number of allylic oxidation sites excluding steroid dienone is 2. The molecule has 0 fully saturated rings. The molecule has 1 rings (SSSR count). The average Bonchev–Trinajstić information content (AvgIpc) is 2.01. The first-order valence-corrected chi connectivity index (χ1v) is 4.17. The zero-order valence-corrected chi connectivity index (χ0v) is 7.70. The molecule has 0 aromatic rings. The van der Waals surface area contributed by atoms with Crippen LogP contribution >= 0.6 is 0 Å². The van der Waals surface area contributed by atoms with Crippen LogP contribution in [0.15, 0.2) is 11.8 Å². The van der Waals surface area contributed by atoms with Gasteiger partial charge in [-0.1, -0.05) is 6.92 Å². The largest absolute Gasteiger partial charge is 0.461 e. The van der Waals surface area contributed by atoms with Gasteiger partial charge in [0.15, 0.2) is 12.0 Å². The third-order valence-electron chi connectivity index (χ3n) is 1.77. The fraction of sp³-hybridized carbons (Fsp3) is 0.556. The maximum atomic E-state index is 10.7. The van der Waals surface area contributed by atoms with Crippen molar-refractivity contribution in [3.63, 3.8) is 0 Å². The Kier molecular flexibility index (Phi) is 2.91. The zero-order valence-electron chi connectivity index (χ0n) is 7.70. The van der Waals surface area contributed by atoms with E-state index in [2.05, 4.69) is 5.32 Å². The number of nitrogens with one attached hydrogen (secondary N) is 1. The third kappa shape index (κ3) is 2.79. The van der Waals surface area contributed by atoms with E-state index in [0.717, 1.165) is 0 Å². The molecule has 0 aromatic heterocycles. The third-order valence-corrected chi connectivity index (χ3v) is 1.77. The summed E-state index contributed by atoms with van der Waals surface area (Å²) in [5.74, 6) is 0.411. The Balaban J connectivity index is 2.60. The molecule has 4 nitrogen and oxygen atoms in total. The lowest BCUT2D eigenvalue weighted by Crippen LogP contribution is -2.38. The van der Waals surface area contributed by atoms with Crippen LogP contribution in [0.3, 0.4) is 0 Å². The van der Waals surface area contributed by atoms with Crippen LogP contribution in [0.4, 0.5) is 0 Å². The van der Waals surface area contributed by atoms with E-state index in [1.54, 1.807) is 6.08 Å². The van der Waals surface area contributed by atoms with Crippen LogP contribution in [0, 0.1) is 17.2 Å². The van der Waals surface area contributed by atoms with E-state index in [9.17, 15) is 4.79 Å². The van der Waals surface area contributed by atoms with Crippen molar-refractivity contribution in [1.29, 1.82) is 5.26 Å². The standard InChI is InChI=1S/C9H12N2O2/c1-6-3-8(5-10)13-9(4-6)11-7(2)12/h3,6,9H,4H2,1-2H3,(H,11,12)/t6-,9-/m1/s1. The molecule has 0 aliphatic carbocycles. The van der Waals surface area contributed by atoms with Gasteiger partial charge >= 0.3 is 0 Å². The van der Waals surface area contributed by atoms with Gasteiger partial charge in [0, 0.05) is 13.3 Å². The molecule has 1 N–H and O–H groups in total. The van der Waals surface area contributed by atoms with Crippen LogP contribution in [-0.4, -0.2) is 12.1 Å². The number of nitrogens with zero attached hydrogens (tertiary/aromatic N) is 1. The fourth-order valence-electron chi connectivity index (χ4n) is 1.28. The van der Waals surface area contributed by atoms with Gasteiger partial charge in [0.2, 0.25) is 5.91 Å². The number of carbonyl (C=O) groups excluding carboxylic acids is 1. The Morgan fingerprint density at radius 2 is 2.54 bits per heavy atom. The predicted octanol–water partition coefficient (Wildman–Crippen LogP) is 0.912. The summed E-state index contributed by atoms with van der Waals surface area (Å²) in [6, 6.07) is 1.93. The highest BCUT2D eigenvalue weighted by Gasteiger charge is 2.21. The van der Waals surface area contributed by atoms with Gasteiger partial charge in [-0.3, -0.25) is 4.79 Å². The molecule has 1 aliphatic rings. The van der Waals surface area contributed by atoms with E-state index in [4.69, 9.17) is 10.00 Å². The quantitative estimate of drug-likeness (QED) is 0.652. The van der Waals surface area contributed by atoms with Gasteiger partial charge in [0.1, 0.15) is 6.07 Å². The number of carbonyl (C=O) groups is 1. The molecule has 0 unspecified atom stereocenters. The summed E-state index contributed by atoms with van der Waals surface area (Å²) in [5, 5.41) is 11.2. The highest BCUT2D eigenvalue weighted by molar-refractivity contribution is 5.73. The molecule has 0 spiro atoms. The number of hydrogen-bond donors (Lipinski definition) is 1. The van der Waals surface area contributed by atoms with Crippen LogP contribution < -0.4 is 5.32 Å². The average molecular weight is 180 g/mol. The summed E-state index contributed by atoms with van der Waals surface area (Å²) < 4.78 is 5.18. The van der Waals surface area contributed by atoms with E-state index in [-0.39, 0.29) is 23.8 Å². The zero-order chi connectivity index (χ0) is 9.84. The lowest BCUT2D eigenvalue weighted by atomic mass is 10.0. The van der Waals surface area contributed by atoms with Crippen molar-refractivity contribution in [2.45, 2.75) is 26.5 Å². The smallest absolute Gasteiger partial charge is 0.219 e. The monoisotopic (exact) mass is 180 g/mol. The Labute approximate surface area is 77.2 Å². The topological polar surface area (TPSA) is 62.1 Å². The van der Waals surface area contributed by atoms with Crippen molar-refractivity contribution in [2.75, 3.05) is 0 Å². The van der Waals surface area contributed by atoms with Crippen LogP contribution in [-0.2, 0) is 9.53 Å². The SMILES string of the molecule is CC(=O)N[C@H]1C[C@H](C)C=C(C#N)O1. The Hall–Kier alpha value is -1.50. The van der Waals surface area contributed by atoms with Gasteiger partial charge in [-0.25, -0.2) is 0 Å². The van der Waals surface area contributed by atoms with E-state index in [0.29, 0.717) is 6.42 Å². The second-order valence-electron chi connectivity index (χ2n) is 3.16. The van der Waals surface area contributed by atoms with Crippen molar-refractivity contribution >= 4 is 5.91 Å². The molecule has 0 bridgehead atoms. The van der Waals surface area contributed by atoms with E-state index < -0.39 is 0 Å². The van der Waals surface area contributed by atoms with Gasteiger partial charge in [0.05, 0.1) is 0 Å².